The Bertz CT molecular complexity index is 686. The average molecular weight is 330 g/mol. The van der Waals surface area contributed by atoms with Gasteiger partial charge in [0.15, 0.2) is 5.65 Å². The molecule has 2 aromatic heterocycles. The van der Waals surface area contributed by atoms with Gasteiger partial charge >= 0.3 is 0 Å². The fourth-order valence-electron chi connectivity index (χ4n) is 3.71. The second kappa shape index (κ2) is 7.09. The molecule has 5 heteroatoms. The van der Waals surface area contributed by atoms with Crippen LogP contribution in [-0.2, 0) is 4.74 Å². The first-order chi connectivity index (χ1) is 11.5. The van der Waals surface area contributed by atoms with Gasteiger partial charge in [0, 0.05) is 44.6 Å². The van der Waals surface area contributed by atoms with E-state index in [2.05, 4.69) is 42.9 Å². The summed E-state index contributed by atoms with van der Waals surface area (Å²) in [5.41, 5.74) is 3.13. The van der Waals surface area contributed by atoms with Gasteiger partial charge in [-0.3, -0.25) is 0 Å². The molecule has 0 saturated carbocycles. The fraction of sp³-hybridized carbons (Fsp3) is 0.684. The lowest BCUT2D eigenvalue weighted by Gasteiger charge is -2.36. The molecule has 0 unspecified atom stereocenters. The highest BCUT2D eigenvalue weighted by Crippen LogP contribution is 2.30. The quantitative estimate of drug-likeness (QED) is 0.839. The molecule has 0 aromatic carbocycles. The smallest absolute Gasteiger partial charge is 0.157 e. The molecule has 0 bridgehead atoms. The minimum Gasteiger partial charge on any atom is -0.384 e. The Labute approximate surface area is 145 Å². The summed E-state index contributed by atoms with van der Waals surface area (Å²) in [7, 11) is 1.80. The first-order valence-corrected chi connectivity index (χ1v) is 9.10. The number of rotatable bonds is 5. The van der Waals surface area contributed by atoms with E-state index in [0.717, 1.165) is 42.6 Å². The van der Waals surface area contributed by atoms with Crippen LogP contribution in [0.15, 0.2) is 12.1 Å². The fourth-order valence-corrected chi connectivity index (χ4v) is 3.71. The molecular weight excluding hydrogens is 300 g/mol. The zero-order valence-corrected chi connectivity index (χ0v) is 15.6. The molecule has 0 spiro atoms. The SMILES string of the molecule is COC[C@H](C)C1CCN(c2cc(C(C)C)nc3cc(C)nn23)CC1. The maximum absolute atomic E-state index is 5.33. The molecular formula is C19H30N4O. The third-order valence-corrected chi connectivity index (χ3v) is 5.24. The molecule has 0 aliphatic carbocycles. The van der Waals surface area contributed by atoms with E-state index in [1.54, 1.807) is 7.11 Å². The van der Waals surface area contributed by atoms with Gasteiger partial charge in [0.2, 0.25) is 0 Å². The van der Waals surface area contributed by atoms with Crippen molar-refractivity contribution in [2.24, 2.45) is 11.8 Å². The predicted molar refractivity (Wildman–Crippen MR) is 97.8 cm³/mol. The second-order valence-corrected chi connectivity index (χ2v) is 7.51. The van der Waals surface area contributed by atoms with E-state index in [1.807, 2.05) is 11.4 Å². The highest BCUT2D eigenvalue weighted by molar-refractivity contribution is 5.52. The van der Waals surface area contributed by atoms with E-state index >= 15 is 0 Å². The van der Waals surface area contributed by atoms with Crippen LogP contribution in [0.2, 0.25) is 0 Å². The zero-order chi connectivity index (χ0) is 17.3. The Hall–Kier alpha value is -1.62. The van der Waals surface area contributed by atoms with Crippen LogP contribution in [0.25, 0.3) is 5.65 Å². The van der Waals surface area contributed by atoms with Gasteiger partial charge in [-0.2, -0.15) is 9.61 Å². The number of ether oxygens (including phenoxy) is 1. The molecule has 1 aliphatic rings. The molecule has 1 fully saturated rings. The Kier molecular flexibility index (Phi) is 5.09. The Morgan fingerprint density at radius 2 is 1.92 bits per heavy atom. The topological polar surface area (TPSA) is 42.7 Å². The van der Waals surface area contributed by atoms with Crippen LogP contribution in [0, 0.1) is 18.8 Å². The summed E-state index contributed by atoms with van der Waals surface area (Å²) < 4.78 is 7.35. The van der Waals surface area contributed by atoms with Gasteiger partial charge in [0.1, 0.15) is 5.82 Å². The minimum atomic E-state index is 0.420. The van der Waals surface area contributed by atoms with E-state index in [4.69, 9.17) is 9.72 Å². The third kappa shape index (κ3) is 3.41. The monoisotopic (exact) mass is 330 g/mol. The lowest BCUT2D eigenvalue weighted by molar-refractivity contribution is 0.120. The number of nitrogens with zero attached hydrogens (tertiary/aromatic N) is 4. The Morgan fingerprint density at radius 1 is 1.21 bits per heavy atom. The molecule has 3 rings (SSSR count). The van der Waals surface area contributed by atoms with Crippen molar-refractivity contribution in [2.45, 2.75) is 46.5 Å². The molecule has 132 valence electrons. The van der Waals surface area contributed by atoms with Gasteiger partial charge in [-0.1, -0.05) is 20.8 Å². The summed E-state index contributed by atoms with van der Waals surface area (Å²) >= 11 is 0. The molecule has 1 aliphatic heterocycles. The number of hydrogen-bond donors (Lipinski definition) is 0. The number of aryl methyl sites for hydroxylation is 1. The molecule has 5 nitrogen and oxygen atoms in total. The molecule has 0 amide bonds. The van der Waals surface area contributed by atoms with Crippen molar-refractivity contribution in [3.63, 3.8) is 0 Å². The normalized spacial score (nSPS) is 17.8. The van der Waals surface area contributed by atoms with Crippen LogP contribution in [0.5, 0.6) is 0 Å². The predicted octanol–water partition coefficient (Wildman–Crippen LogP) is 3.66. The lowest BCUT2D eigenvalue weighted by atomic mass is 9.86. The number of piperidine rings is 1. The number of methoxy groups -OCH3 is 1. The van der Waals surface area contributed by atoms with Gasteiger partial charge < -0.3 is 9.64 Å². The van der Waals surface area contributed by atoms with E-state index in [1.165, 1.54) is 18.7 Å². The molecule has 0 N–H and O–H groups in total. The molecule has 1 saturated heterocycles. The number of anilines is 1. The van der Waals surface area contributed by atoms with Gasteiger partial charge in [0.25, 0.3) is 0 Å². The number of fused-ring (bicyclic) bond motifs is 1. The van der Waals surface area contributed by atoms with Crippen molar-refractivity contribution in [1.82, 2.24) is 14.6 Å². The lowest BCUT2D eigenvalue weighted by Crippen LogP contribution is -2.37. The summed E-state index contributed by atoms with van der Waals surface area (Å²) in [5, 5.41) is 4.66. The first kappa shape index (κ1) is 17.2. The van der Waals surface area contributed by atoms with Gasteiger partial charge in [-0.15, -0.1) is 0 Å². The van der Waals surface area contributed by atoms with E-state index in [0.29, 0.717) is 11.8 Å². The second-order valence-electron chi connectivity index (χ2n) is 7.51. The third-order valence-electron chi connectivity index (χ3n) is 5.24. The van der Waals surface area contributed by atoms with Crippen LogP contribution in [0.4, 0.5) is 5.82 Å². The van der Waals surface area contributed by atoms with Crippen LogP contribution >= 0.6 is 0 Å². The molecule has 24 heavy (non-hydrogen) atoms. The summed E-state index contributed by atoms with van der Waals surface area (Å²) in [6, 6.07) is 4.30. The molecule has 1 atom stereocenters. The summed E-state index contributed by atoms with van der Waals surface area (Å²) in [4.78, 5) is 7.25. The van der Waals surface area contributed by atoms with Gasteiger partial charge in [-0.05, 0) is 37.5 Å². The highest BCUT2D eigenvalue weighted by atomic mass is 16.5. The molecule has 2 aromatic rings. The van der Waals surface area contributed by atoms with E-state index in [-0.39, 0.29) is 0 Å². The van der Waals surface area contributed by atoms with Crippen molar-refractivity contribution < 1.29 is 4.74 Å². The maximum Gasteiger partial charge on any atom is 0.157 e. The summed E-state index contributed by atoms with van der Waals surface area (Å²) in [6.45, 7) is 11.8. The highest BCUT2D eigenvalue weighted by Gasteiger charge is 2.26. The van der Waals surface area contributed by atoms with E-state index in [9.17, 15) is 0 Å². The Morgan fingerprint density at radius 3 is 2.54 bits per heavy atom. The Balaban J connectivity index is 1.84. The van der Waals surface area contributed by atoms with Crippen LogP contribution in [-0.4, -0.2) is 41.4 Å². The minimum absolute atomic E-state index is 0.420. The van der Waals surface area contributed by atoms with E-state index < -0.39 is 0 Å². The van der Waals surface area contributed by atoms with Crippen molar-refractivity contribution in [3.8, 4) is 0 Å². The maximum atomic E-state index is 5.33. The van der Waals surface area contributed by atoms with Crippen molar-refractivity contribution in [1.29, 1.82) is 0 Å². The zero-order valence-electron chi connectivity index (χ0n) is 15.6. The summed E-state index contributed by atoms with van der Waals surface area (Å²) in [5.74, 6) is 2.99. The molecule has 0 radical (unpaired) electrons. The van der Waals surface area contributed by atoms with Crippen molar-refractivity contribution in [3.05, 3.63) is 23.5 Å². The van der Waals surface area contributed by atoms with Crippen molar-refractivity contribution in [2.75, 3.05) is 31.7 Å². The van der Waals surface area contributed by atoms with Gasteiger partial charge in [-0.25, -0.2) is 4.98 Å². The standard InChI is InChI=1S/C19H30N4O/c1-13(2)17-11-19(23-18(20-17)10-15(4)21-23)22-8-6-16(7-9-22)14(3)12-24-5/h10-11,13-14,16H,6-9,12H2,1-5H3/t14-/m0/s1. The van der Waals surface area contributed by atoms with Gasteiger partial charge in [0.05, 0.1) is 5.69 Å². The largest absolute Gasteiger partial charge is 0.384 e. The number of aromatic nitrogens is 3. The average Bonchev–Trinajstić information content (AvgIpc) is 2.94. The number of hydrogen-bond acceptors (Lipinski definition) is 4. The van der Waals surface area contributed by atoms with Crippen LogP contribution in [0.3, 0.4) is 0 Å². The first-order valence-electron chi connectivity index (χ1n) is 9.10. The summed E-state index contributed by atoms with van der Waals surface area (Å²) in [6.07, 6.45) is 2.43. The van der Waals surface area contributed by atoms with Crippen LogP contribution < -0.4 is 4.90 Å². The van der Waals surface area contributed by atoms with Crippen molar-refractivity contribution >= 4 is 11.5 Å². The molecule has 3 heterocycles. The van der Waals surface area contributed by atoms with Crippen LogP contribution in [0.1, 0.15) is 50.9 Å².